The summed E-state index contributed by atoms with van der Waals surface area (Å²) in [5.74, 6) is 0.743. The molecule has 1 heteroatoms. The lowest BCUT2D eigenvalue weighted by Gasteiger charge is -2.16. The number of benzene rings is 1. The number of rotatable bonds is 4. The van der Waals surface area contributed by atoms with E-state index in [1.54, 1.807) is 0 Å². The van der Waals surface area contributed by atoms with Gasteiger partial charge in [-0.3, -0.25) is 0 Å². The van der Waals surface area contributed by atoms with Crippen molar-refractivity contribution >= 4 is 0 Å². The van der Waals surface area contributed by atoms with E-state index in [1.807, 2.05) is 0 Å². The van der Waals surface area contributed by atoms with Gasteiger partial charge in [-0.05, 0) is 42.5 Å². The van der Waals surface area contributed by atoms with Crippen LogP contribution in [-0.4, -0.2) is 13.6 Å². The van der Waals surface area contributed by atoms with Gasteiger partial charge < -0.3 is 5.32 Å². The molecule has 2 unspecified atom stereocenters. The Balaban J connectivity index is 2.27. The topological polar surface area (TPSA) is 12.0 Å². The van der Waals surface area contributed by atoms with Crippen LogP contribution >= 0.6 is 0 Å². The van der Waals surface area contributed by atoms with Crippen molar-refractivity contribution < 1.29 is 0 Å². The monoisotopic (exact) mass is 231 g/mol. The Hall–Kier alpha value is -0.820. The van der Waals surface area contributed by atoms with Crippen LogP contribution in [0, 0.1) is 11.3 Å². The summed E-state index contributed by atoms with van der Waals surface area (Å²) >= 11 is 0. The molecule has 1 aromatic carbocycles. The third-order valence-corrected chi connectivity index (χ3v) is 5.19. The van der Waals surface area contributed by atoms with Gasteiger partial charge in [0.1, 0.15) is 0 Å². The average molecular weight is 231 g/mol. The van der Waals surface area contributed by atoms with Gasteiger partial charge >= 0.3 is 0 Å². The van der Waals surface area contributed by atoms with Crippen molar-refractivity contribution in [3.8, 4) is 0 Å². The van der Waals surface area contributed by atoms with Crippen LogP contribution in [0.1, 0.15) is 38.8 Å². The fourth-order valence-electron chi connectivity index (χ4n) is 3.43. The first-order valence-corrected chi connectivity index (χ1v) is 6.72. The molecule has 1 saturated carbocycles. The number of aryl methyl sites for hydroxylation is 1. The zero-order chi connectivity index (χ0) is 12.7. The highest BCUT2D eigenvalue weighted by molar-refractivity contribution is 5.40. The Morgan fingerprint density at radius 2 is 1.71 bits per heavy atom. The third-order valence-electron chi connectivity index (χ3n) is 5.19. The van der Waals surface area contributed by atoms with Gasteiger partial charge in [-0.1, -0.05) is 52.0 Å². The van der Waals surface area contributed by atoms with E-state index in [0.29, 0.717) is 10.8 Å². The van der Waals surface area contributed by atoms with Gasteiger partial charge in [0.2, 0.25) is 0 Å². The molecule has 1 aliphatic carbocycles. The smallest absolute Gasteiger partial charge is 0.00250 e. The molecule has 2 rings (SSSR count). The minimum atomic E-state index is 0.336. The predicted octanol–water partition coefficient (Wildman–Crippen LogP) is 3.38. The molecule has 1 aromatic rings. The van der Waals surface area contributed by atoms with Crippen molar-refractivity contribution in [3.05, 3.63) is 35.4 Å². The molecule has 0 saturated heterocycles. The largest absolute Gasteiger partial charge is 0.319 e. The van der Waals surface area contributed by atoms with Crippen LogP contribution in [0.25, 0.3) is 0 Å². The highest BCUT2D eigenvalue weighted by atomic mass is 14.9. The molecule has 17 heavy (non-hydrogen) atoms. The maximum atomic E-state index is 3.33. The lowest BCUT2D eigenvalue weighted by Crippen LogP contribution is -2.15. The van der Waals surface area contributed by atoms with Crippen LogP contribution in [0.3, 0.4) is 0 Å². The Morgan fingerprint density at radius 3 is 2.18 bits per heavy atom. The molecule has 94 valence electrons. The van der Waals surface area contributed by atoms with Gasteiger partial charge in [-0.25, -0.2) is 0 Å². The van der Waals surface area contributed by atoms with Crippen LogP contribution in [0.15, 0.2) is 24.3 Å². The van der Waals surface area contributed by atoms with Crippen molar-refractivity contribution in [2.75, 3.05) is 13.6 Å². The third kappa shape index (κ3) is 1.72. The van der Waals surface area contributed by atoms with Crippen LogP contribution in [0.5, 0.6) is 0 Å². The van der Waals surface area contributed by atoms with Crippen molar-refractivity contribution in [3.63, 3.8) is 0 Å². The molecule has 1 nitrogen and oxygen atoms in total. The molecular formula is C16H25N. The molecule has 0 radical (unpaired) electrons. The Kier molecular flexibility index (Phi) is 3.07. The van der Waals surface area contributed by atoms with E-state index < -0.39 is 0 Å². The molecule has 2 atom stereocenters. The fraction of sp³-hybridized carbons (Fsp3) is 0.625. The molecule has 1 aliphatic rings. The number of nitrogens with one attached hydrogen (secondary N) is 1. The molecule has 1 fully saturated rings. The van der Waals surface area contributed by atoms with Gasteiger partial charge in [-0.2, -0.15) is 0 Å². The summed E-state index contributed by atoms with van der Waals surface area (Å²) in [6, 6.07) is 9.23. The van der Waals surface area contributed by atoms with E-state index in [0.717, 1.165) is 18.9 Å². The fourth-order valence-corrected chi connectivity index (χ4v) is 3.43. The molecule has 1 N–H and O–H groups in total. The van der Waals surface area contributed by atoms with Crippen LogP contribution < -0.4 is 5.32 Å². The Morgan fingerprint density at radius 1 is 1.12 bits per heavy atom. The summed E-state index contributed by atoms with van der Waals surface area (Å²) in [6.45, 7) is 10.5. The maximum absolute atomic E-state index is 3.33. The van der Waals surface area contributed by atoms with Gasteiger partial charge in [0, 0.05) is 5.41 Å². The van der Waals surface area contributed by atoms with Gasteiger partial charge in [0.15, 0.2) is 0 Å². The lowest BCUT2D eigenvalue weighted by atomic mass is 9.89. The minimum absolute atomic E-state index is 0.336. The van der Waals surface area contributed by atoms with Crippen molar-refractivity contribution in [2.24, 2.45) is 11.3 Å². The quantitative estimate of drug-likeness (QED) is 0.837. The predicted molar refractivity (Wildman–Crippen MR) is 74.4 cm³/mol. The van der Waals surface area contributed by atoms with E-state index in [2.05, 4.69) is 64.3 Å². The molecule has 0 aliphatic heterocycles. The van der Waals surface area contributed by atoms with E-state index in [1.165, 1.54) is 11.1 Å². The first-order valence-electron chi connectivity index (χ1n) is 6.72. The summed E-state index contributed by atoms with van der Waals surface area (Å²) < 4.78 is 0. The zero-order valence-corrected chi connectivity index (χ0v) is 11.8. The maximum Gasteiger partial charge on any atom is 0.00250 e. The van der Waals surface area contributed by atoms with Gasteiger partial charge in [0.05, 0.1) is 0 Å². The normalized spacial score (nSPS) is 30.3. The summed E-state index contributed by atoms with van der Waals surface area (Å²) in [5, 5.41) is 3.33. The van der Waals surface area contributed by atoms with Crippen LogP contribution in [0.2, 0.25) is 0 Å². The van der Waals surface area contributed by atoms with Crippen molar-refractivity contribution in [2.45, 2.75) is 39.5 Å². The molecule has 0 amide bonds. The Bertz CT molecular complexity index is 390. The van der Waals surface area contributed by atoms with Gasteiger partial charge in [-0.15, -0.1) is 0 Å². The van der Waals surface area contributed by atoms with Crippen molar-refractivity contribution in [1.29, 1.82) is 0 Å². The first-order chi connectivity index (χ1) is 7.98. The highest BCUT2D eigenvalue weighted by Gasteiger charge is 2.67. The number of hydrogen-bond acceptors (Lipinski definition) is 1. The van der Waals surface area contributed by atoms with E-state index in [9.17, 15) is 0 Å². The lowest BCUT2D eigenvalue weighted by molar-refractivity contribution is 0.513. The average Bonchev–Trinajstić information content (AvgIpc) is 2.76. The summed E-state index contributed by atoms with van der Waals surface area (Å²) in [6.07, 6.45) is 1.13. The molecule has 0 spiro atoms. The second-order valence-corrected chi connectivity index (χ2v) is 6.08. The second kappa shape index (κ2) is 4.13. The second-order valence-electron chi connectivity index (χ2n) is 6.08. The highest BCUT2D eigenvalue weighted by Crippen LogP contribution is 2.68. The zero-order valence-electron chi connectivity index (χ0n) is 11.8. The Labute approximate surface area is 106 Å². The van der Waals surface area contributed by atoms with Crippen LogP contribution in [-0.2, 0) is 11.8 Å². The molecule has 0 bridgehead atoms. The molecule has 0 heterocycles. The van der Waals surface area contributed by atoms with E-state index >= 15 is 0 Å². The van der Waals surface area contributed by atoms with Gasteiger partial charge in [0.25, 0.3) is 0 Å². The molecular weight excluding hydrogens is 206 g/mol. The minimum Gasteiger partial charge on any atom is -0.319 e. The summed E-state index contributed by atoms with van der Waals surface area (Å²) in [7, 11) is 2.05. The SMILES string of the molecule is CCc1ccc(C2(C)C(CNC)C2(C)C)cc1. The van der Waals surface area contributed by atoms with E-state index in [-0.39, 0.29) is 0 Å². The summed E-state index contributed by atoms with van der Waals surface area (Å²) in [4.78, 5) is 0. The molecule has 0 aromatic heterocycles. The van der Waals surface area contributed by atoms with E-state index in [4.69, 9.17) is 0 Å². The van der Waals surface area contributed by atoms with Crippen molar-refractivity contribution in [1.82, 2.24) is 5.32 Å². The summed E-state index contributed by atoms with van der Waals surface area (Å²) in [5.41, 5.74) is 3.67. The first kappa shape index (κ1) is 12.6. The van der Waals surface area contributed by atoms with Crippen LogP contribution in [0.4, 0.5) is 0 Å². The standard InChI is InChI=1S/C16H25N/c1-6-12-7-9-13(10-8-12)16(4)14(11-17-5)15(16,2)3/h7-10,14,17H,6,11H2,1-5H3. The number of hydrogen-bond donors (Lipinski definition) is 1.